The lowest BCUT2D eigenvalue weighted by Crippen LogP contribution is -2.53. The second kappa shape index (κ2) is 7.88. The molecule has 5 nitrogen and oxygen atoms in total. The zero-order valence-corrected chi connectivity index (χ0v) is 15.2. The normalized spacial score (nSPS) is 23.6. The maximum atomic E-state index is 12.8. The highest BCUT2D eigenvalue weighted by Crippen LogP contribution is 2.29. The van der Waals surface area contributed by atoms with Crippen LogP contribution in [0.3, 0.4) is 0 Å². The molecule has 2 fully saturated rings. The van der Waals surface area contributed by atoms with E-state index in [-0.39, 0.29) is 25.6 Å². The van der Waals surface area contributed by atoms with Gasteiger partial charge in [-0.05, 0) is 30.4 Å². The Hall–Kier alpha value is -2.09. The maximum Gasteiger partial charge on any atom is 0.471 e. The van der Waals surface area contributed by atoms with Crippen molar-refractivity contribution >= 4 is 11.8 Å². The molecule has 1 aromatic rings. The number of likely N-dealkylation sites (tertiary alicyclic amines) is 1. The van der Waals surface area contributed by atoms with Crippen LogP contribution in [-0.2, 0) is 20.7 Å². The number of aryl methyl sites for hydroxylation is 1. The van der Waals surface area contributed by atoms with E-state index in [4.69, 9.17) is 4.74 Å². The summed E-state index contributed by atoms with van der Waals surface area (Å²) in [6.07, 6.45) is -3.71. The van der Waals surface area contributed by atoms with E-state index < -0.39 is 24.0 Å². The van der Waals surface area contributed by atoms with Gasteiger partial charge in [0.25, 0.3) is 0 Å². The number of rotatable bonds is 3. The zero-order valence-electron chi connectivity index (χ0n) is 15.2. The summed E-state index contributed by atoms with van der Waals surface area (Å²) in [5.41, 5.74) is 2.12. The minimum absolute atomic E-state index is 0.0407. The Bertz CT molecular complexity index is 690. The van der Waals surface area contributed by atoms with Crippen molar-refractivity contribution in [2.45, 2.75) is 44.5 Å². The standard InChI is InChI=1S/C19H23F3N2O3/c1-2-13-5-7-14(8-6-13)16-12-23(10-11-27-16)17(25)15-4-3-9-24(15)18(26)19(20,21)22/h5-8,15-16H,2-4,9-12H2,1H3. The molecule has 1 aromatic carbocycles. The van der Waals surface area contributed by atoms with E-state index in [1.165, 1.54) is 10.5 Å². The molecule has 0 bridgehead atoms. The molecule has 8 heteroatoms. The first-order chi connectivity index (χ1) is 12.8. The number of carbonyl (C=O) groups excluding carboxylic acids is 2. The Kier molecular flexibility index (Phi) is 5.74. The Morgan fingerprint density at radius 2 is 1.89 bits per heavy atom. The molecule has 0 radical (unpaired) electrons. The van der Waals surface area contributed by atoms with Gasteiger partial charge in [-0.25, -0.2) is 0 Å². The van der Waals surface area contributed by atoms with Gasteiger partial charge in [0.1, 0.15) is 12.1 Å². The fourth-order valence-corrected chi connectivity index (χ4v) is 3.66. The molecule has 3 rings (SSSR count). The fraction of sp³-hybridized carbons (Fsp3) is 0.579. The molecule has 2 unspecified atom stereocenters. The molecule has 2 heterocycles. The molecule has 0 aromatic heterocycles. The van der Waals surface area contributed by atoms with Crippen molar-refractivity contribution in [1.29, 1.82) is 0 Å². The van der Waals surface area contributed by atoms with Crippen molar-refractivity contribution in [1.82, 2.24) is 9.80 Å². The lowest BCUT2D eigenvalue weighted by atomic mass is 10.0. The lowest BCUT2D eigenvalue weighted by Gasteiger charge is -2.36. The Morgan fingerprint density at radius 1 is 1.19 bits per heavy atom. The minimum Gasteiger partial charge on any atom is -0.370 e. The van der Waals surface area contributed by atoms with Gasteiger partial charge >= 0.3 is 12.1 Å². The summed E-state index contributed by atoms with van der Waals surface area (Å²) >= 11 is 0. The predicted molar refractivity (Wildman–Crippen MR) is 91.9 cm³/mol. The van der Waals surface area contributed by atoms with Crippen LogP contribution in [0.25, 0.3) is 0 Å². The fourth-order valence-electron chi connectivity index (χ4n) is 3.66. The summed E-state index contributed by atoms with van der Waals surface area (Å²) in [6, 6.07) is 6.86. The van der Waals surface area contributed by atoms with Gasteiger partial charge < -0.3 is 14.5 Å². The molecule has 2 aliphatic heterocycles. The molecule has 0 saturated carbocycles. The number of carbonyl (C=O) groups is 2. The highest BCUT2D eigenvalue weighted by Gasteiger charge is 2.48. The molecule has 2 amide bonds. The zero-order chi connectivity index (χ0) is 19.6. The number of alkyl halides is 3. The molecular formula is C19H23F3N2O3. The van der Waals surface area contributed by atoms with Crippen LogP contribution in [0.5, 0.6) is 0 Å². The van der Waals surface area contributed by atoms with Crippen molar-refractivity contribution in [2.75, 3.05) is 26.2 Å². The highest BCUT2D eigenvalue weighted by atomic mass is 19.4. The van der Waals surface area contributed by atoms with E-state index in [2.05, 4.69) is 6.92 Å². The summed E-state index contributed by atoms with van der Waals surface area (Å²) in [5, 5.41) is 0. The quantitative estimate of drug-likeness (QED) is 0.805. The van der Waals surface area contributed by atoms with Crippen LogP contribution in [0, 0.1) is 0 Å². The van der Waals surface area contributed by atoms with Crippen molar-refractivity contribution in [2.24, 2.45) is 0 Å². The Labute approximate surface area is 156 Å². The van der Waals surface area contributed by atoms with Gasteiger partial charge in [0.2, 0.25) is 5.91 Å². The van der Waals surface area contributed by atoms with Gasteiger partial charge in [0.05, 0.1) is 13.2 Å². The first-order valence-electron chi connectivity index (χ1n) is 9.18. The van der Waals surface area contributed by atoms with Crippen LogP contribution in [-0.4, -0.2) is 60.1 Å². The van der Waals surface area contributed by atoms with E-state index in [0.29, 0.717) is 24.5 Å². The Morgan fingerprint density at radius 3 is 2.52 bits per heavy atom. The van der Waals surface area contributed by atoms with Gasteiger partial charge in [-0.2, -0.15) is 13.2 Å². The van der Waals surface area contributed by atoms with Gasteiger partial charge in [-0.1, -0.05) is 31.2 Å². The molecular weight excluding hydrogens is 361 g/mol. The van der Waals surface area contributed by atoms with Crippen molar-refractivity contribution in [3.8, 4) is 0 Å². The maximum absolute atomic E-state index is 12.8. The predicted octanol–water partition coefficient (Wildman–Crippen LogP) is 2.70. The molecule has 2 atom stereocenters. The smallest absolute Gasteiger partial charge is 0.370 e. The highest BCUT2D eigenvalue weighted by molar-refractivity contribution is 5.90. The summed E-state index contributed by atoms with van der Waals surface area (Å²) in [5.74, 6) is -2.36. The molecule has 27 heavy (non-hydrogen) atoms. The van der Waals surface area contributed by atoms with Crippen LogP contribution in [0.15, 0.2) is 24.3 Å². The molecule has 0 N–H and O–H groups in total. The third-order valence-corrected chi connectivity index (χ3v) is 5.18. The third kappa shape index (κ3) is 4.26. The summed E-state index contributed by atoms with van der Waals surface area (Å²) in [6.45, 7) is 2.91. The number of nitrogens with zero attached hydrogens (tertiary/aromatic N) is 2. The summed E-state index contributed by atoms with van der Waals surface area (Å²) < 4.78 is 44.1. The topological polar surface area (TPSA) is 49.9 Å². The first-order valence-corrected chi connectivity index (χ1v) is 9.18. The van der Waals surface area contributed by atoms with Crippen LogP contribution in [0.2, 0.25) is 0 Å². The van der Waals surface area contributed by atoms with Gasteiger partial charge in [0, 0.05) is 13.1 Å². The van der Waals surface area contributed by atoms with Gasteiger partial charge in [0.15, 0.2) is 0 Å². The first kappa shape index (κ1) is 19.7. The van der Waals surface area contributed by atoms with Gasteiger partial charge in [-0.15, -0.1) is 0 Å². The van der Waals surface area contributed by atoms with E-state index in [1.807, 2.05) is 24.3 Å². The number of halogens is 3. The average Bonchev–Trinajstić information content (AvgIpc) is 3.15. The summed E-state index contributed by atoms with van der Waals surface area (Å²) in [4.78, 5) is 26.6. The summed E-state index contributed by atoms with van der Waals surface area (Å²) in [7, 11) is 0. The van der Waals surface area contributed by atoms with E-state index in [0.717, 1.165) is 12.0 Å². The minimum atomic E-state index is -4.96. The largest absolute Gasteiger partial charge is 0.471 e. The molecule has 0 aliphatic carbocycles. The molecule has 148 valence electrons. The van der Waals surface area contributed by atoms with Crippen LogP contribution >= 0.6 is 0 Å². The van der Waals surface area contributed by atoms with Gasteiger partial charge in [-0.3, -0.25) is 9.59 Å². The van der Waals surface area contributed by atoms with Crippen LogP contribution < -0.4 is 0 Å². The number of hydrogen-bond acceptors (Lipinski definition) is 3. The molecule has 2 saturated heterocycles. The second-order valence-electron chi connectivity index (χ2n) is 6.89. The number of morpholine rings is 1. The lowest BCUT2D eigenvalue weighted by molar-refractivity contribution is -0.187. The van der Waals surface area contributed by atoms with Crippen LogP contribution in [0.4, 0.5) is 13.2 Å². The monoisotopic (exact) mass is 384 g/mol. The van der Waals surface area contributed by atoms with E-state index in [1.54, 1.807) is 0 Å². The number of amides is 2. The van der Waals surface area contributed by atoms with E-state index in [9.17, 15) is 22.8 Å². The van der Waals surface area contributed by atoms with Crippen molar-refractivity contribution in [3.05, 3.63) is 35.4 Å². The van der Waals surface area contributed by atoms with Crippen molar-refractivity contribution in [3.63, 3.8) is 0 Å². The number of ether oxygens (including phenoxy) is 1. The SMILES string of the molecule is CCc1ccc(C2CN(C(=O)C3CCCN3C(=O)C(F)(F)F)CCO2)cc1. The third-order valence-electron chi connectivity index (χ3n) is 5.18. The molecule has 0 spiro atoms. The van der Waals surface area contributed by atoms with Crippen LogP contribution in [0.1, 0.15) is 37.0 Å². The second-order valence-corrected chi connectivity index (χ2v) is 6.89. The number of benzene rings is 1. The Balaban J connectivity index is 1.69. The van der Waals surface area contributed by atoms with Crippen molar-refractivity contribution < 1.29 is 27.5 Å². The van der Waals surface area contributed by atoms with E-state index >= 15 is 0 Å². The molecule has 2 aliphatic rings. The average molecular weight is 384 g/mol. The number of hydrogen-bond donors (Lipinski definition) is 0.